The first kappa shape index (κ1) is 13.0. The van der Waals surface area contributed by atoms with Crippen LogP contribution >= 0.6 is 11.3 Å². The Bertz CT molecular complexity index is 395. The molecule has 3 N–H and O–H groups in total. The van der Waals surface area contributed by atoms with E-state index >= 15 is 0 Å². The lowest BCUT2D eigenvalue weighted by atomic mass is 10.0. The minimum atomic E-state index is 0.325. The van der Waals surface area contributed by atoms with Gasteiger partial charge in [-0.15, -0.1) is 11.3 Å². The summed E-state index contributed by atoms with van der Waals surface area (Å²) in [4.78, 5) is 4.53. The Morgan fingerprint density at radius 3 is 2.35 bits per heavy atom. The summed E-state index contributed by atoms with van der Waals surface area (Å²) in [7, 11) is 0. The SMILES string of the molecule is Cc1csc(CC(NN)C2C(C)(C)C2(C)C)n1. The molecule has 1 aliphatic carbocycles. The molecule has 4 heteroatoms. The summed E-state index contributed by atoms with van der Waals surface area (Å²) in [5, 5.41) is 3.29. The number of nitrogens with one attached hydrogen (secondary N) is 1. The highest BCUT2D eigenvalue weighted by atomic mass is 32.1. The number of hydrogen-bond acceptors (Lipinski definition) is 4. The van der Waals surface area contributed by atoms with Crippen molar-refractivity contribution in [3.05, 3.63) is 16.1 Å². The summed E-state index contributed by atoms with van der Waals surface area (Å²) in [6.45, 7) is 11.4. The zero-order valence-electron chi connectivity index (χ0n) is 11.4. The number of hydrogen-bond donors (Lipinski definition) is 2. The van der Waals surface area contributed by atoms with E-state index in [0.29, 0.717) is 22.8 Å². The van der Waals surface area contributed by atoms with Gasteiger partial charge in [0.15, 0.2) is 0 Å². The second-order valence-corrected chi connectivity index (χ2v) is 7.22. The van der Waals surface area contributed by atoms with Gasteiger partial charge in [0, 0.05) is 23.5 Å². The summed E-state index contributed by atoms with van der Waals surface area (Å²) >= 11 is 1.73. The van der Waals surface area contributed by atoms with Gasteiger partial charge in [0.05, 0.1) is 5.01 Å². The molecule has 1 aliphatic rings. The van der Waals surface area contributed by atoms with Crippen molar-refractivity contribution in [1.29, 1.82) is 0 Å². The van der Waals surface area contributed by atoms with E-state index in [1.54, 1.807) is 11.3 Å². The molecular formula is C13H23N3S. The average Bonchev–Trinajstić information content (AvgIpc) is 2.55. The Hall–Kier alpha value is -0.450. The van der Waals surface area contributed by atoms with Crippen LogP contribution in [-0.2, 0) is 6.42 Å². The first-order valence-corrected chi connectivity index (χ1v) is 7.06. The third kappa shape index (κ3) is 2.02. The van der Waals surface area contributed by atoms with E-state index < -0.39 is 0 Å². The summed E-state index contributed by atoms with van der Waals surface area (Å²) in [5.74, 6) is 6.35. The molecule has 0 amide bonds. The Morgan fingerprint density at radius 2 is 2.00 bits per heavy atom. The van der Waals surface area contributed by atoms with E-state index in [0.717, 1.165) is 12.1 Å². The summed E-state index contributed by atoms with van der Waals surface area (Å²) in [5.41, 5.74) is 4.82. The number of hydrazine groups is 1. The maximum absolute atomic E-state index is 5.74. The molecule has 3 nitrogen and oxygen atoms in total. The predicted molar refractivity (Wildman–Crippen MR) is 72.7 cm³/mol. The second-order valence-electron chi connectivity index (χ2n) is 6.28. The molecule has 17 heavy (non-hydrogen) atoms. The Balaban J connectivity index is 2.09. The summed E-state index contributed by atoms with van der Waals surface area (Å²) in [6, 6.07) is 0.325. The van der Waals surface area contributed by atoms with Crippen LogP contribution in [0.5, 0.6) is 0 Å². The smallest absolute Gasteiger partial charge is 0.0944 e. The molecule has 1 unspecified atom stereocenters. The molecule has 0 radical (unpaired) electrons. The number of thiazole rings is 1. The van der Waals surface area contributed by atoms with Crippen molar-refractivity contribution in [2.75, 3.05) is 0 Å². The zero-order valence-corrected chi connectivity index (χ0v) is 12.2. The number of nitrogens with two attached hydrogens (primary N) is 1. The van der Waals surface area contributed by atoms with Crippen LogP contribution in [0.3, 0.4) is 0 Å². The van der Waals surface area contributed by atoms with Gasteiger partial charge in [0.25, 0.3) is 0 Å². The minimum Gasteiger partial charge on any atom is -0.271 e. The molecule has 1 fully saturated rings. The van der Waals surface area contributed by atoms with Crippen molar-refractivity contribution in [2.24, 2.45) is 22.6 Å². The van der Waals surface area contributed by atoms with Crippen LogP contribution in [-0.4, -0.2) is 11.0 Å². The number of aryl methyl sites for hydroxylation is 1. The van der Waals surface area contributed by atoms with Crippen LogP contribution in [0.4, 0.5) is 0 Å². The van der Waals surface area contributed by atoms with E-state index in [4.69, 9.17) is 5.84 Å². The van der Waals surface area contributed by atoms with Gasteiger partial charge in [0.1, 0.15) is 0 Å². The number of nitrogens with zero attached hydrogens (tertiary/aromatic N) is 1. The van der Waals surface area contributed by atoms with E-state index in [-0.39, 0.29) is 0 Å². The van der Waals surface area contributed by atoms with Crippen LogP contribution in [0.2, 0.25) is 0 Å². The molecule has 0 bridgehead atoms. The normalized spacial score (nSPS) is 23.6. The van der Waals surface area contributed by atoms with E-state index in [9.17, 15) is 0 Å². The Morgan fingerprint density at radius 1 is 1.41 bits per heavy atom. The van der Waals surface area contributed by atoms with Crippen molar-refractivity contribution in [1.82, 2.24) is 10.4 Å². The fourth-order valence-electron chi connectivity index (χ4n) is 3.21. The molecule has 1 aromatic rings. The van der Waals surface area contributed by atoms with Crippen molar-refractivity contribution in [3.63, 3.8) is 0 Å². The molecule has 0 saturated heterocycles. The van der Waals surface area contributed by atoms with Gasteiger partial charge in [-0.2, -0.15) is 0 Å². The van der Waals surface area contributed by atoms with Gasteiger partial charge in [-0.1, -0.05) is 27.7 Å². The van der Waals surface area contributed by atoms with Crippen molar-refractivity contribution in [3.8, 4) is 0 Å². The molecule has 0 spiro atoms. The van der Waals surface area contributed by atoms with Crippen LogP contribution < -0.4 is 11.3 Å². The largest absolute Gasteiger partial charge is 0.271 e. The quantitative estimate of drug-likeness (QED) is 0.640. The standard InChI is InChI=1S/C13H23N3S/c1-8-7-17-10(15-8)6-9(16-14)11-12(2,3)13(11,4)5/h7,9,11,16H,6,14H2,1-5H3. The van der Waals surface area contributed by atoms with Gasteiger partial charge >= 0.3 is 0 Å². The predicted octanol–water partition coefficient (Wildman–Crippen LogP) is 2.51. The minimum absolute atomic E-state index is 0.325. The lowest BCUT2D eigenvalue weighted by Gasteiger charge is -2.16. The topological polar surface area (TPSA) is 50.9 Å². The van der Waals surface area contributed by atoms with Crippen LogP contribution in [0, 0.1) is 23.7 Å². The van der Waals surface area contributed by atoms with Crippen molar-refractivity contribution >= 4 is 11.3 Å². The molecule has 0 aliphatic heterocycles. The van der Waals surface area contributed by atoms with Gasteiger partial charge in [-0.05, 0) is 23.7 Å². The Labute approximate surface area is 108 Å². The van der Waals surface area contributed by atoms with Gasteiger partial charge in [-0.25, -0.2) is 4.98 Å². The van der Waals surface area contributed by atoms with Gasteiger partial charge < -0.3 is 0 Å². The number of rotatable bonds is 4. The maximum Gasteiger partial charge on any atom is 0.0944 e. The lowest BCUT2D eigenvalue weighted by Crippen LogP contribution is -2.40. The molecule has 1 aromatic heterocycles. The molecule has 1 atom stereocenters. The van der Waals surface area contributed by atoms with E-state index in [1.165, 1.54) is 5.01 Å². The summed E-state index contributed by atoms with van der Waals surface area (Å²) < 4.78 is 0. The first-order valence-electron chi connectivity index (χ1n) is 6.18. The second kappa shape index (κ2) is 4.04. The average molecular weight is 253 g/mol. The van der Waals surface area contributed by atoms with Gasteiger partial charge in [-0.3, -0.25) is 11.3 Å². The van der Waals surface area contributed by atoms with E-state index in [1.807, 2.05) is 6.92 Å². The fraction of sp³-hybridized carbons (Fsp3) is 0.769. The lowest BCUT2D eigenvalue weighted by molar-refractivity contribution is 0.401. The summed E-state index contributed by atoms with van der Waals surface area (Å²) in [6.07, 6.45) is 0.937. The molecule has 0 aromatic carbocycles. The molecule has 1 heterocycles. The van der Waals surface area contributed by atoms with E-state index in [2.05, 4.69) is 43.5 Å². The van der Waals surface area contributed by atoms with Crippen LogP contribution in [0.15, 0.2) is 5.38 Å². The third-order valence-corrected chi connectivity index (χ3v) is 5.80. The van der Waals surface area contributed by atoms with Crippen LogP contribution in [0.25, 0.3) is 0 Å². The molecule has 2 rings (SSSR count). The highest BCUT2D eigenvalue weighted by Gasteiger charge is 2.66. The van der Waals surface area contributed by atoms with Crippen molar-refractivity contribution < 1.29 is 0 Å². The third-order valence-electron chi connectivity index (χ3n) is 4.81. The molecular weight excluding hydrogens is 230 g/mol. The van der Waals surface area contributed by atoms with Gasteiger partial charge in [0.2, 0.25) is 0 Å². The number of aromatic nitrogens is 1. The maximum atomic E-state index is 5.74. The highest BCUT2D eigenvalue weighted by molar-refractivity contribution is 7.09. The van der Waals surface area contributed by atoms with Crippen molar-refractivity contribution in [2.45, 2.75) is 47.1 Å². The monoisotopic (exact) mass is 253 g/mol. The fourth-order valence-corrected chi connectivity index (χ4v) is 4.04. The Kier molecular flexibility index (Phi) is 3.09. The molecule has 96 valence electrons. The van der Waals surface area contributed by atoms with Crippen LogP contribution in [0.1, 0.15) is 38.4 Å². The highest BCUT2D eigenvalue weighted by Crippen LogP contribution is 2.69. The molecule has 1 saturated carbocycles. The zero-order chi connectivity index (χ0) is 12.8. The first-order chi connectivity index (χ1) is 7.80.